The monoisotopic (exact) mass is 433 g/mol. The van der Waals surface area contributed by atoms with Gasteiger partial charge < -0.3 is 15.4 Å². The van der Waals surface area contributed by atoms with Crippen LogP contribution in [0.4, 0.5) is 5.82 Å². The highest BCUT2D eigenvalue weighted by atomic mass is 32.2. The van der Waals surface area contributed by atoms with E-state index in [9.17, 15) is 8.42 Å². The van der Waals surface area contributed by atoms with Gasteiger partial charge in [0.15, 0.2) is 5.82 Å². The number of nitrogens with zero attached hydrogens (tertiary/aromatic N) is 4. The van der Waals surface area contributed by atoms with Crippen LogP contribution < -0.4 is 10.6 Å². The normalized spacial score (nSPS) is 16.3. The molecule has 1 unspecified atom stereocenters. The number of rotatable bonds is 5. The SMILES string of the molecule is Cc1ccc(-c2nc(N3CCOCC3)c3cc(C(N)CS(C)(=O)=O)sc3n2)cn1. The Morgan fingerprint density at radius 1 is 1.28 bits per heavy atom. The Morgan fingerprint density at radius 3 is 2.69 bits per heavy atom. The fraction of sp³-hybridized carbons (Fsp3) is 0.421. The largest absolute Gasteiger partial charge is 0.378 e. The summed E-state index contributed by atoms with van der Waals surface area (Å²) >= 11 is 1.42. The number of morpholine rings is 1. The van der Waals surface area contributed by atoms with Crippen LogP contribution in [0.3, 0.4) is 0 Å². The molecule has 0 aromatic carbocycles. The van der Waals surface area contributed by atoms with E-state index in [1.165, 1.54) is 17.6 Å². The molecule has 3 aromatic rings. The molecule has 4 rings (SSSR count). The average molecular weight is 434 g/mol. The lowest BCUT2D eigenvalue weighted by Gasteiger charge is -2.28. The Kier molecular flexibility index (Phi) is 5.52. The molecule has 3 aromatic heterocycles. The minimum atomic E-state index is -3.18. The lowest BCUT2D eigenvalue weighted by atomic mass is 10.2. The molecule has 29 heavy (non-hydrogen) atoms. The van der Waals surface area contributed by atoms with Crippen molar-refractivity contribution in [1.82, 2.24) is 15.0 Å². The molecular formula is C19H23N5O3S2. The molecule has 1 atom stereocenters. The highest BCUT2D eigenvalue weighted by molar-refractivity contribution is 7.90. The first-order valence-electron chi connectivity index (χ1n) is 9.31. The zero-order valence-corrected chi connectivity index (χ0v) is 18.0. The quantitative estimate of drug-likeness (QED) is 0.650. The van der Waals surface area contributed by atoms with Gasteiger partial charge in [-0.15, -0.1) is 11.3 Å². The molecule has 0 aliphatic carbocycles. The van der Waals surface area contributed by atoms with Gasteiger partial charge in [-0.1, -0.05) is 0 Å². The maximum absolute atomic E-state index is 11.7. The number of anilines is 1. The number of hydrogen-bond acceptors (Lipinski definition) is 9. The number of pyridine rings is 1. The molecule has 0 bridgehead atoms. The minimum Gasteiger partial charge on any atom is -0.378 e. The van der Waals surface area contributed by atoms with Crippen LogP contribution in [0.5, 0.6) is 0 Å². The van der Waals surface area contributed by atoms with E-state index in [-0.39, 0.29) is 5.75 Å². The first kappa shape index (κ1) is 20.1. The van der Waals surface area contributed by atoms with E-state index < -0.39 is 15.9 Å². The van der Waals surface area contributed by atoms with Crippen molar-refractivity contribution in [2.75, 3.05) is 43.2 Å². The third kappa shape index (κ3) is 4.55. The van der Waals surface area contributed by atoms with Gasteiger partial charge in [0.25, 0.3) is 0 Å². The standard InChI is InChI=1S/C19H23N5O3S2/c1-12-3-4-13(10-21-12)17-22-18(24-5-7-27-8-6-24)14-9-16(28-19(14)23-17)15(20)11-29(2,25)26/h3-4,9-10,15H,5-8,11,20H2,1-2H3. The molecule has 1 saturated heterocycles. The fourth-order valence-corrected chi connectivity index (χ4v) is 5.23. The van der Waals surface area contributed by atoms with Crippen molar-refractivity contribution in [2.24, 2.45) is 5.73 Å². The molecule has 1 aliphatic heterocycles. The average Bonchev–Trinajstić information content (AvgIpc) is 3.12. The maximum atomic E-state index is 11.7. The Labute approximate surface area is 173 Å². The Morgan fingerprint density at radius 2 is 2.03 bits per heavy atom. The topological polar surface area (TPSA) is 111 Å². The van der Waals surface area contributed by atoms with E-state index in [4.69, 9.17) is 20.4 Å². The number of hydrogen-bond donors (Lipinski definition) is 1. The van der Waals surface area contributed by atoms with Gasteiger partial charge in [-0.3, -0.25) is 4.98 Å². The number of nitrogens with two attached hydrogens (primary N) is 1. The molecule has 1 aliphatic rings. The number of thiophene rings is 1. The van der Waals surface area contributed by atoms with E-state index in [2.05, 4.69) is 9.88 Å². The van der Waals surface area contributed by atoms with Crippen molar-refractivity contribution in [2.45, 2.75) is 13.0 Å². The molecule has 10 heteroatoms. The van der Waals surface area contributed by atoms with Gasteiger partial charge in [0.05, 0.1) is 30.4 Å². The third-order valence-electron chi connectivity index (χ3n) is 4.72. The van der Waals surface area contributed by atoms with Gasteiger partial charge in [0.2, 0.25) is 0 Å². The van der Waals surface area contributed by atoms with Crippen LogP contribution in [0.2, 0.25) is 0 Å². The van der Waals surface area contributed by atoms with E-state index >= 15 is 0 Å². The van der Waals surface area contributed by atoms with Gasteiger partial charge in [-0.05, 0) is 25.1 Å². The van der Waals surface area contributed by atoms with Crippen molar-refractivity contribution in [3.63, 3.8) is 0 Å². The van der Waals surface area contributed by atoms with Gasteiger partial charge in [-0.25, -0.2) is 18.4 Å². The van der Waals surface area contributed by atoms with Crippen LogP contribution in [0.15, 0.2) is 24.4 Å². The summed E-state index contributed by atoms with van der Waals surface area (Å²) < 4.78 is 28.8. The van der Waals surface area contributed by atoms with E-state index in [0.29, 0.717) is 19.0 Å². The summed E-state index contributed by atoms with van der Waals surface area (Å²) in [5, 5.41) is 0.889. The minimum absolute atomic E-state index is 0.102. The highest BCUT2D eigenvalue weighted by Crippen LogP contribution is 2.35. The van der Waals surface area contributed by atoms with E-state index in [0.717, 1.165) is 45.3 Å². The van der Waals surface area contributed by atoms with E-state index in [1.807, 2.05) is 25.1 Å². The number of sulfone groups is 1. The lowest BCUT2D eigenvalue weighted by Crippen LogP contribution is -2.37. The Balaban J connectivity index is 1.82. The summed E-state index contributed by atoms with van der Waals surface area (Å²) in [7, 11) is -3.18. The Hall–Kier alpha value is -2.14. The molecule has 0 spiro atoms. The predicted molar refractivity (Wildman–Crippen MR) is 115 cm³/mol. The molecule has 2 N–H and O–H groups in total. The van der Waals surface area contributed by atoms with Crippen LogP contribution in [-0.2, 0) is 14.6 Å². The van der Waals surface area contributed by atoms with Crippen molar-refractivity contribution < 1.29 is 13.2 Å². The molecule has 8 nitrogen and oxygen atoms in total. The molecule has 0 radical (unpaired) electrons. The fourth-order valence-electron chi connectivity index (χ4n) is 3.26. The van der Waals surface area contributed by atoms with Crippen LogP contribution in [-0.4, -0.2) is 61.7 Å². The molecule has 1 fully saturated rings. The van der Waals surface area contributed by atoms with Crippen LogP contribution in [0, 0.1) is 6.92 Å². The second-order valence-corrected chi connectivity index (χ2v) is 10.5. The maximum Gasteiger partial charge on any atom is 0.164 e. The van der Waals surface area contributed by atoms with Gasteiger partial charge in [0, 0.05) is 41.7 Å². The molecular weight excluding hydrogens is 410 g/mol. The first-order valence-corrected chi connectivity index (χ1v) is 12.2. The smallest absolute Gasteiger partial charge is 0.164 e. The van der Waals surface area contributed by atoms with E-state index in [1.54, 1.807) is 6.20 Å². The predicted octanol–water partition coefficient (Wildman–Crippen LogP) is 1.94. The van der Waals surface area contributed by atoms with Crippen molar-refractivity contribution in [1.29, 1.82) is 0 Å². The van der Waals surface area contributed by atoms with Gasteiger partial charge in [0.1, 0.15) is 20.5 Å². The molecule has 0 saturated carbocycles. The Bertz CT molecular complexity index is 1120. The number of aryl methyl sites for hydroxylation is 1. The highest BCUT2D eigenvalue weighted by Gasteiger charge is 2.22. The summed E-state index contributed by atoms with van der Waals surface area (Å²) in [6, 6.07) is 5.22. The molecule has 4 heterocycles. The lowest BCUT2D eigenvalue weighted by molar-refractivity contribution is 0.122. The zero-order valence-electron chi connectivity index (χ0n) is 16.3. The summed E-state index contributed by atoms with van der Waals surface area (Å²) in [4.78, 5) is 17.7. The van der Waals surface area contributed by atoms with Crippen molar-refractivity contribution in [3.05, 3.63) is 35.0 Å². The first-order chi connectivity index (χ1) is 13.8. The number of ether oxygens (including phenoxy) is 1. The number of fused-ring (bicyclic) bond motifs is 1. The van der Waals surface area contributed by atoms with Gasteiger partial charge >= 0.3 is 0 Å². The summed E-state index contributed by atoms with van der Waals surface area (Å²) in [5.41, 5.74) is 7.94. The van der Waals surface area contributed by atoms with Crippen LogP contribution in [0.1, 0.15) is 16.6 Å². The zero-order chi connectivity index (χ0) is 20.6. The summed E-state index contributed by atoms with van der Waals surface area (Å²) in [6.45, 7) is 4.67. The summed E-state index contributed by atoms with van der Waals surface area (Å²) in [6.07, 6.45) is 2.96. The van der Waals surface area contributed by atoms with Crippen molar-refractivity contribution in [3.8, 4) is 11.4 Å². The molecule has 0 amide bonds. The van der Waals surface area contributed by atoms with Crippen molar-refractivity contribution >= 4 is 37.2 Å². The van der Waals surface area contributed by atoms with Crippen LogP contribution >= 0.6 is 11.3 Å². The van der Waals surface area contributed by atoms with Crippen LogP contribution in [0.25, 0.3) is 21.6 Å². The number of aromatic nitrogens is 3. The second kappa shape index (κ2) is 7.94. The third-order valence-corrected chi connectivity index (χ3v) is 6.85. The molecule has 154 valence electrons. The second-order valence-electron chi connectivity index (χ2n) is 7.23. The summed E-state index contributed by atoms with van der Waals surface area (Å²) in [5.74, 6) is 1.31. The van der Waals surface area contributed by atoms with Gasteiger partial charge in [-0.2, -0.15) is 0 Å².